The summed E-state index contributed by atoms with van der Waals surface area (Å²) in [7, 11) is 3.81. The van der Waals surface area contributed by atoms with Gasteiger partial charge in [0.1, 0.15) is 5.76 Å². The van der Waals surface area contributed by atoms with Crippen molar-refractivity contribution in [3.63, 3.8) is 0 Å². The molecule has 0 aliphatic carbocycles. The van der Waals surface area contributed by atoms with Gasteiger partial charge in [0.25, 0.3) is 0 Å². The van der Waals surface area contributed by atoms with E-state index >= 15 is 0 Å². The molecule has 1 unspecified atom stereocenters. The highest BCUT2D eigenvalue weighted by Gasteiger charge is 2.13. The highest BCUT2D eigenvalue weighted by molar-refractivity contribution is 5.13. The monoisotopic (exact) mass is 268 g/mol. The predicted molar refractivity (Wildman–Crippen MR) is 78.1 cm³/mol. The first-order chi connectivity index (χ1) is 8.81. The van der Waals surface area contributed by atoms with Gasteiger partial charge in [-0.15, -0.1) is 0 Å². The molecule has 1 atom stereocenters. The average molecular weight is 268 g/mol. The molecule has 0 radical (unpaired) electrons. The van der Waals surface area contributed by atoms with Crippen LogP contribution in [0.1, 0.15) is 39.0 Å². The van der Waals surface area contributed by atoms with Gasteiger partial charge in [0.05, 0.1) is 19.4 Å². The molecule has 19 heavy (non-hydrogen) atoms. The molecule has 1 rings (SSSR count). The lowest BCUT2D eigenvalue weighted by Gasteiger charge is -2.22. The Balaban J connectivity index is 2.46. The molecule has 0 fully saturated rings. The fraction of sp³-hybridized carbons (Fsp3) is 0.733. The van der Waals surface area contributed by atoms with Crippen molar-refractivity contribution in [2.24, 2.45) is 0 Å². The van der Waals surface area contributed by atoms with Crippen molar-refractivity contribution in [1.82, 2.24) is 10.2 Å². The third-order valence-electron chi connectivity index (χ3n) is 3.10. The van der Waals surface area contributed by atoms with Gasteiger partial charge in [-0.25, -0.2) is 0 Å². The highest BCUT2D eigenvalue weighted by Crippen LogP contribution is 2.12. The number of nitrogens with zero attached hydrogens (tertiary/aromatic N) is 1. The van der Waals surface area contributed by atoms with Gasteiger partial charge in [0.15, 0.2) is 0 Å². The summed E-state index contributed by atoms with van der Waals surface area (Å²) in [5.74, 6) is 0.996. The number of nitrogens with one attached hydrogen (secondary N) is 1. The van der Waals surface area contributed by atoms with Gasteiger partial charge in [-0.3, -0.25) is 4.90 Å². The lowest BCUT2D eigenvalue weighted by Crippen LogP contribution is -2.34. The van der Waals surface area contributed by atoms with Crippen molar-refractivity contribution in [2.75, 3.05) is 20.8 Å². The predicted octanol–water partition coefficient (Wildman–Crippen LogP) is 2.63. The second-order valence-corrected chi connectivity index (χ2v) is 6.24. The van der Waals surface area contributed by atoms with Gasteiger partial charge in [0.2, 0.25) is 0 Å². The van der Waals surface area contributed by atoms with Crippen LogP contribution in [0.25, 0.3) is 0 Å². The molecule has 0 aliphatic rings. The van der Waals surface area contributed by atoms with Crippen molar-refractivity contribution in [3.05, 3.63) is 23.7 Å². The summed E-state index contributed by atoms with van der Waals surface area (Å²) in [6.45, 7) is 11.0. The summed E-state index contributed by atoms with van der Waals surface area (Å²) in [6, 6.07) is 2.50. The summed E-state index contributed by atoms with van der Waals surface area (Å²) < 4.78 is 10.8. The molecule has 0 saturated heterocycles. The third kappa shape index (κ3) is 6.23. The molecule has 0 aromatic carbocycles. The van der Waals surface area contributed by atoms with Crippen LogP contribution in [0.4, 0.5) is 0 Å². The number of hydrogen-bond donors (Lipinski definition) is 1. The molecular formula is C15H28N2O2. The first-order valence-corrected chi connectivity index (χ1v) is 6.82. The van der Waals surface area contributed by atoms with Crippen molar-refractivity contribution in [3.8, 4) is 0 Å². The van der Waals surface area contributed by atoms with Crippen LogP contribution in [-0.4, -0.2) is 37.2 Å². The number of rotatable bonds is 7. The van der Waals surface area contributed by atoms with Crippen LogP contribution < -0.4 is 5.32 Å². The molecular weight excluding hydrogens is 240 g/mol. The Morgan fingerprint density at radius 3 is 2.68 bits per heavy atom. The molecule has 1 heterocycles. The van der Waals surface area contributed by atoms with Crippen LogP contribution in [0.5, 0.6) is 0 Å². The second kappa shape index (κ2) is 7.08. The summed E-state index contributed by atoms with van der Waals surface area (Å²) >= 11 is 0. The topological polar surface area (TPSA) is 37.6 Å². The number of methoxy groups -OCH3 is 1. The Morgan fingerprint density at radius 1 is 1.42 bits per heavy atom. The number of ether oxygens (including phenoxy) is 1. The number of likely N-dealkylation sites (N-methyl/N-ethyl adjacent to an activating group) is 1. The van der Waals surface area contributed by atoms with E-state index in [4.69, 9.17) is 9.15 Å². The maximum Gasteiger partial charge on any atom is 0.118 e. The fourth-order valence-corrected chi connectivity index (χ4v) is 1.74. The summed E-state index contributed by atoms with van der Waals surface area (Å²) in [6.07, 6.45) is 1.84. The first kappa shape index (κ1) is 16.2. The SMILES string of the molecule is COCC(C)N(C)Cc1cc(CNC(C)(C)C)co1. The smallest absolute Gasteiger partial charge is 0.118 e. The maximum atomic E-state index is 5.61. The zero-order valence-corrected chi connectivity index (χ0v) is 13.1. The number of hydrogen-bond acceptors (Lipinski definition) is 4. The van der Waals surface area contributed by atoms with Crippen LogP contribution in [0.2, 0.25) is 0 Å². The van der Waals surface area contributed by atoms with Crippen molar-refractivity contribution >= 4 is 0 Å². The molecule has 0 amide bonds. The highest BCUT2D eigenvalue weighted by atomic mass is 16.5. The minimum absolute atomic E-state index is 0.126. The lowest BCUT2D eigenvalue weighted by molar-refractivity contribution is 0.108. The Bertz CT molecular complexity index is 368. The van der Waals surface area contributed by atoms with E-state index in [0.29, 0.717) is 6.04 Å². The minimum Gasteiger partial charge on any atom is -0.468 e. The first-order valence-electron chi connectivity index (χ1n) is 6.82. The summed E-state index contributed by atoms with van der Waals surface area (Å²) in [5.41, 5.74) is 1.32. The van der Waals surface area contributed by atoms with E-state index in [1.807, 2.05) is 6.26 Å². The molecule has 1 aromatic heterocycles. The van der Waals surface area contributed by atoms with Gasteiger partial charge >= 0.3 is 0 Å². The van der Waals surface area contributed by atoms with E-state index in [1.54, 1.807) is 7.11 Å². The molecule has 0 aliphatic heterocycles. The number of furan rings is 1. The third-order valence-corrected chi connectivity index (χ3v) is 3.10. The summed E-state index contributed by atoms with van der Waals surface area (Å²) in [5, 5.41) is 3.45. The second-order valence-electron chi connectivity index (χ2n) is 6.24. The van der Waals surface area contributed by atoms with Gasteiger partial charge in [-0.1, -0.05) is 0 Å². The average Bonchev–Trinajstić information content (AvgIpc) is 2.73. The normalized spacial score (nSPS) is 14.1. The van der Waals surface area contributed by atoms with E-state index in [9.17, 15) is 0 Å². The molecule has 4 heteroatoms. The molecule has 0 saturated carbocycles. The van der Waals surface area contributed by atoms with Crippen LogP contribution in [0.3, 0.4) is 0 Å². The fourth-order valence-electron chi connectivity index (χ4n) is 1.74. The van der Waals surface area contributed by atoms with Crippen LogP contribution >= 0.6 is 0 Å². The largest absolute Gasteiger partial charge is 0.468 e. The Labute approximate surface area is 117 Å². The summed E-state index contributed by atoms with van der Waals surface area (Å²) in [4.78, 5) is 2.23. The zero-order chi connectivity index (χ0) is 14.5. The van der Waals surface area contributed by atoms with E-state index in [0.717, 1.165) is 25.5 Å². The van der Waals surface area contributed by atoms with Crippen molar-refractivity contribution in [1.29, 1.82) is 0 Å². The standard InChI is InChI=1S/C15H28N2O2/c1-12(10-18-6)17(5)9-14-7-13(11-19-14)8-16-15(2,3)4/h7,11-12,16H,8-10H2,1-6H3. The Morgan fingerprint density at radius 2 is 2.11 bits per heavy atom. The Hall–Kier alpha value is -0.840. The maximum absolute atomic E-state index is 5.61. The Kier molecular flexibility index (Phi) is 6.04. The molecule has 1 aromatic rings. The molecule has 1 N–H and O–H groups in total. The van der Waals surface area contributed by atoms with Gasteiger partial charge in [-0.05, 0) is 40.8 Å². The van der Waals surface area contributed by atoms with Gasteiger partial charge < -0.3 is 14.5 Å². The van der Waals surface area contributed by atoms with E-state index < -0.39 is 0 Å². The minimum atomic E-state index is 0.126. The van der Waals surface area contributed by atoms with Gasteiger partial charge in [0, 0.05) is 30.8 Å². The quantitative estimate of drug-likeness (QED) is 0.825. The van der Waals surface area contributed by atoms with Crippen LogP contribution in [-0.2, 0) is 17.8 Å². The molecule has 0 spiro atoms. The lowest BCUT2D eigenvalue weighted by atomic mass is 10.1. The molecule has 0 bridgehead atoms. The molecule has 110 valence electrons. The molecule has 4 nitrogen and oxygen atoms in total. The van der Waals surface area contributed by atoms with Crippen molar-refractivity contribution in [2.45, 2.75) is 52.4 Å². The van der Waals surface area contributed by atoms with Gasteiger partial charge in [-0.2, -0.15) is 0 Å². The van der Waals surface area contributed by atoms with E-state index in [2.05, 4.69) is 51.0 Å². The van der Waals surface area contributed by atoms with Crippen LogP contribution in [0.15, 0.2) is 16.7 Å². The van der Waals surface area contributed by atoms with Crippen LogP contribution in [0, 0.1) is 0 Å². The zero-order valence-electron chi connectivity index (χ0n) is 13.1. The van der Waals surface area contributed by atoms with E-state index in [-0.39, 0.29) is 5.54 Å². The van der Waals surface area contributed by atoms with Crippen molar-refractivity contribution < 1.29 is 9.15 Å². The van der Waals surface area contributed by atoms with E-state index in [1.165, 1.54) is 5.56 Å².